The highest BCUT2D eigenvalue weighted by atomic mass is 35.5. The molecule has 0 saturated heterocycles. The van der Waals surface area contributed by atoms with E-state index in [-0.39, 0.29) is 5.02 Å². The summed E-state index contributed by atoms with van der Waals surface area (Å²) in [5, 5.41) is 0.217. The quantitative estimate of drug-likeness (QED) is 0.659. The van der Waals surface area contributed by atoms with Crippen LogP contribution in [-0.4, -0.2) is 0 Å². The molecule has 3 aromatic rings. The number of hydrogen-bond acceptors (Lipinski definition) is 2. The van der Waals surface area contributed by atoms with E-state index in [0.29, 0.717) is 17.9 Å². The Morgan fingerprint density at radius 3 is 2.35 bits per heavy atom. The normalized spacial score (nSPS) is 10.5. The molecular formula is C19H15ClFNO. The predicted molar refractivity (Wildman–Crippen MR) is 92.0 cm³/mol. The van der Waals surface area contributed by atoms with Gasteiger partial charge in [0.15, 0.2) is 0 Å². The highest BCUT2D eigenvalue weighted by Gasteiger charge is 2.09. The summed E-state index contributed by atoms with van der Waals surface area (Å²) in [4.78, 5) is 0. The Labute approximate surface area is 139 Å². The summed E-state index contributed by atoms with van der Waals surface area (Å²) in [7, 11) is 0. The molecule has 0 aliphatic carbocycles. The first-order valence-electron chi connectivity index (χ1n) is 7.15. The maximum absolute atomic E-state index is 14.0. The van der Waals surface area contributed by atoms with Crippen molar-refractivity contribution >= 4 is 17.3 Å². The number of hydrogen-bond donors (Lipinski definition) is 1. The number of rotatable bonds is 4. The molecule has 0 aliphatic heterocycles. The highest BCUT2D eigenvalue weighted by Crippen LogP contribution is 2.31. The van der Waals surface area contributed by atoms with Gasteiger partial charge in [-0.25, -0.2) is 4.39 Å². The Kier molecular flexibility index (Phi) is 4.49. The minimum absolute atomic E-state index is 0.217. The molecule has 3 aromatic carbocycles. The molecule has 0 atom stereocenters. The van der Waals surface area contributed by atoms with Crippen molar-refractivity contribution in [1.29, 1.82) is 0 Å². The lowest BCUT2D eigenvalue weighted by molar-refractivity contribution is 0.306. The number of halogens is 2. The molecule has 0 aromatic heterocycles. The summed E-state index contributed by atoms with van der Waals surface area (Å²) < 4.78 is 19.7. The molecule has 0 heterocycles. The zero-order chi connectivity index (χ0) is 16.2. The van der Waals surface area contributed by atoms with Crippen LogP contribution >= 0.6 is 11.6 Å². The Hall–Kier alpha value is -2.52. The van der Waals surface area contributed by atoms with E-state index in [1.807, 2.05) is 42.5 Å². The van der Waals surface area contributed by atoms with Crippen molar-refractivity contribution in [2.75, 3.05) is 5.73 Å². The number of nitrogen functional groups attached to an aromatic ring is 1. The van der Waals surface area contributed by atoms with Crippen LogP contribution in [0.25, 0.3) is 11.1 Å². The van der Waals surface area contributed by atoms with Crippen molar-refractivity contribution in [3.05, 3.63) is 83.1 Å². The standard InChI is InChI=1S/C19H15ClFNO/c20-17-11-18(21)16(10-19(17)22)14-6-8-15(9-7-14)23-12-13-4-2-1-3-5-13/h1-11H,12,22H2. The van der Waals surface area contributed by atoms with Gasteiger partial charge in [-0.2, -0.15) is 0 Å². The van der Waals surface area contributed by atoms with Crippen molar-refractivity contribution in [3.8, 4) is 16.9 Å². The van der Waals surface area contributed by atoms with Gasteiger partial charge < -0.3 is 10.5 Å². The Morgan fingerprint density at radius 1 is 0.957 bits per heavy atom. The molecule has 0 amide bonds. The first-order chi connectivity index (χ1) is 11.1. The van der Waals surface area contributed by atoms with E-state index in [0.717, 1.165) is 16.9 Å². The molecule has 4 heteroatoms. The van der Waals surface area contributed by atoms with Gasteiger partial charge in [0.05, 0.1) is 10.7 Å². The van der Waals surface area contributed by atoms with Crippen LogP contribution in [0.3, 0.4) is 0 Å². The molecule has 0 bridgehead atoms. The van der Waals surface area contributed by atoms with Gasteiger partial charge in [0.1, 0.15) is 18.2 Å². The van der Waals surface area contributed by atoms with Crippen LogP contribution in [0.4, 0.5) is 10.1 Å². The van der Waals surface area contributed by atoms with Gasteiger partial charge in [0, 0.05) is 5.56 Å². The fourth-order valence-corrected chi connectivity index (χ4v) is 2.41. The number of benzene rings is 3. The molecule has 0 unspecified atom stereocenters. The van der Waals surface area contributed by atoms with Gasteiger partial charge in [-0.05, 0) is 35.4 Å². The molecule has 0 radical (unpaired) electrons. The predicted octanol–water partition coefficient (Wildman–Crippen LogP) is 5.31. The second-order valence-corrected chi connectivity index (χ2v) is 5.56. The van der Waals surface area contributed by atoms with Gasteiger partial charge in [-0.3, -0.25) is 0 Å². The first kappa shape index (κ1) is 15.4. The molecule has 2 nitrogen and oxygen atoms in total. The largest absolute Gasteiger partial charge is 0.489 e. The number of anilines is 1. The van der Waals surface area contributed by atoms with Crippen LogP contribution in [0.5, 0.6) is 5.75 Å². The van der Waals surface area contributed by atoms with Crippen LogP contribution in [0.2, 0.25) is 5.02 Å². The molecule has 3 rings (SSSR count). The zero-order valence-corrected chi connectivity index (χ0v) is 13.1. The smallest absolute Gasteiger partial charge is 0.132 e. The molecule has 0 spiro atoms. The monoisotopic (exact) mass is 327 g/mol. The van der Waals surface area contributed by atoms with E-state index in [4.69, 9.17) is 22.1 Å². The molecular weight excluding hydrogens is 313 g/mol. The maximum Gasteiger partial charge on any atom is 0.132 e. The van der Waals surface area contributed by atoms with Gasteiger partial charge in [-0.15, -0.1) is 0 Å². The van der Waals surface area contributed by atoms with Gasteiger partial charge in [0.25, 0.3) is 0 Å². The topological polar surface area (TPSA) is 35.2 Å². The summed E-state index contributed by atoms with van der Waals surface area (Å²) in [6, 6.07) is 19.9. The third-order valence-electron chi connectivity index (χ3n) is 3.50. The molecule has 23 heavy (non-hydrogen) atoms. The lowest BCUT2D eigenvalue weighted by atomic mass is 10.0. The van der Waals surface area contributed by atoms with Gasteiger partial charge >= 0.3 is 0 Å². The lowest BCUT2D eigenvalue weighted by Crippen LogP contribution is -1.95. The van der Waals surface area contributed by atoms with Crippen molar-refractivity contribution in [2.24, 2.45) is 0 Å². The molecule has 2 N–H and O–H groups in total. The summed E-state index contributed by atoms with van der Waals surface area (Å²) in [6.45, 7) is 0.489. The van der Waals surface area contributed by atoms with Gasteiger partial charge in [-0.1, -0.05) is 54.1 Å². The Morgan fingerprint density at radius 2 is 1.65 bits per heavy atom. The average Bonchev–Trinajstić information content (AvgIpc) is 2.58. The second kappa shape index (κ2) is 6.71. The van der Waals surface area contributed by atoms with E-state index in [2.05, 4.69) is 0 Å². The van der Waals surface area contributed by atoms with E-state index in [1.165, 1.54) is 12.1 Å². The summed E-state index contributed by atoms with van der Waals surface area (Å²) in [6.07, 6.45) is 0. The van der Waals surface area contributed by atoms with Crippen LogP contribution in [0.1, 0.15) is 5.56 Å². The second-order valence-electron chi connectivity index (χ2n) is 5.15. The molecule has 0 saturated carbocycles. The van der Waals surface area contributed by atoms with E-state index in [1.54, 1.807) is 12.1 Å². The molecule has 116 valence electrons. The highest BCUT2D eigenvalue weighted by molar-refractivity contribution is 6.33. The number of nitrogens with two attached hydrogens (primary N) is 1. The van der Waals surface area contributed by atoms with Crippen LogP contribution < -0.4 is 10.5 Å². The minimum Gasteiger partial charge on any atom is -0.489 e. The third kappa shape index (κ3) is 3.63. The van der Waals surface area contributed by atoms with Crippen molar-refractivity contribution in [3.63, 3.8) is 0 Å². The fourth-order valence-electron chi connectivity index (χ4n) is 2.26. The Balaban J connectivity index is 1.76. The van der Waals surface area contributed by atoms with Gasteiger partial charge in [0.2, 0.25) is 0 Å². The summed E-state index contributed by atoms with van der Waals surface area (Å²) in [5.41, 5.74) is 8.33. The van der Waals surface area contributed by atoms with Crippen molar-refractivity contribution in [2.45, 2.75) is 6.61 Å². The van der Waals surface area contributed by atoms with E-state index >= 15 is 0 Å². The summed E-state index contributed by atoms with van der Waals surface area (Å²) >= 11 is 5.81. The number of ether oxygens (including phenoxy) is 1. The molecule has 0 fully saturated rings. The summed E-state index contributed by atoms with van der Waals surface area (Å²) in [5.74, 6) is 0.321. The average molecular weight is 328 g/mol. The SMILES string of the molecule is Nc1cc(-c2ccc(OCc3ccccc3)cc2)c(F)cc1Cl. The third-order valence-corrected chi connectivity index (χ3v) is 3.83. The fraction of sp³-hybridized carbons (Fsp3) is 0.0526. The van der Waals surface area contributed by atoms with E-state index < -0.39 is 5.82 Å². The van der Waals surface area contributed by atoms with E-state index in [9.17, 15) is 4.39 Å². The van der Waals surface area contributed by atoms with Crippen LogP contribution in [0, 0.1) is 5.82 Å². The van der Waals surface area contributed by atoms with Crippen LogP contribution in [-0.2, 0) is 6.61 Å². The Bertz CT molecular complexity index is 804. The zero-order valence-electron chi connectivity index (χ0n) is 12.3. The first-order valence-corrected chi connectivity index (χ1v) is 7.53. The van der Waals surface area contributed by atoms with Crippen LogP contribution in [0.15, 0.2) is 66.7 Å². The van der Waals surface area contributed by atoms with Crippen molar-refractivity contribution < 1.29 is 9.13 Å². The maximum atomic E-state index is 14.0. The minimum atomic E-state index is -0.401. The molecule has 0 aliphatic rings. The lowest BCUT2D eigenvalue weighted by Gasteiger charge is -2.09. The van der Waals surface area contributed by atoms with Crippen molar-refractivity contribution in [1.82, 2.24) is 0 Å².